The molecule has 23 heavy (non-hydrogen) atoms. The van der Waals surface area contributed by atoms with Gasteiger partial charge >= 0.3 is 12.0 Å². The smallest absolute Gasteiger partial charge is 0.326 e. The third kappa shape index (κ3) is 3.36. The van der Waals surface area contributed by atoms with Crippen molar-refractivity contribution in [1.82, 2.24) is 10.2 Å². The van der Waals surface area contributed by atoms with E-state index in [1.165, 1.54) is 0 Å². The van der Waals surface area contributed by atoms with Crippen molar-refractivity contribution >= 4 is 17.9 Å². The number of esters is 1. The molecule has 1 aromatic carbocycles. The number of nitrogens with zero attached hydrogens (tertiary/aromatic N) is 1. The van der Waals surface area contributed by atoms with Crippen LogP contribution in [0.1, 0.15) is 38.7 Å². The molecule has 0 unspecified atom stereocenters. The second-order valence-electron chi connectivity index (χ2n) is 5.52. The monoisotopic (exact) mass is 318 g/mol. The van der Waals surface area contributed by atoms with Gasteiger partial charge in [0, 0.05) is 0 Å². The zero-order chi connectivity index (χ0) is 16.9. The molecule has 0 radical (unpaired) electrons. The topological polar surface area (TPSA) is 75.7 Å². The van der Waals surface area contributed by atoms with E-state index in [9.17, 15) is 14.4 Å². The molecule has 2 rings (SSSR count). The van der Waals surface area contributed by atoms with Crippen molar-refractivity contribution in [2.45, 2.75) is 38.6 Å². The predicted octanol–water partition coefficient (Wildman–Crippen LogP) is 2.19. The minimum Gasteiger partial charge on any atom is -0.464 e. The number of rotatable bonds is 7. The summed E-state index contributed by atoms with van der Waals surface area (Å²) >= 11 is 0. The highest BCUT2D eigenvalue weighted by atomic mass is 16.5. The number of carbonyl (C=O) groups excluding carboxylic acids is 3. The number of carbonyl (C=O) groups is 3. The Morgan fingerprint density at radius 2 is 1.91 bits per heavy atom. The van der Waals surface area contributed by atoms with Gasteiger partial charge in [0.25, 0.3) is 5.91 Å². The molecule has 1 N–H and O–H groups in total. The molecular formula is C17H22N2O4. The van der Waals surface area contributed by atoms with Crippen molar-refractivity contribution in [1.29, 1.82) is 0 Å². The molecule has 1 aliphatic rings. The molecule has 6 heteroatoms. The van der Waals surface area contributed by atoms with Crippen LogP contribution >= 0.6 is 0 Å². The Hall–Kier alpha value is -2.37. The zero-order valence-electron chi connectivity index (χ0n) is 13.5. The Balaban J connectivity index is 2.14. The van der Waals surface area contributed by atoms with Crippen LogP contribution in [0, 0.1) is 0 Å². The molecule has 1 aromatic rings. The molecule has 0 bridgehead atoms. The van der Waals surface area contributed by atoms with Crippen LogP contribution in [0.3, 0.4) is 0 Å². The fourth-order valence-electron chi connectivity index (χ4n) is 2.64. The molecule has 0 spiro atoms. The Bertz CT molecular complexity index is 588. The van der Waals surface area contributed by atoms with E-state index in [4.69, 9.17) is 4.74 Å². The maximum Gasteiger partial charge on any atom is 0.326 e. The maximum atomic E-state index is 12.8. The Morgan fingerprint density at radius 3 is 2.52 bits per heavy atom. The highest BCUT2D eigenvalue weighted by molar-refractivity contribution is 6.09. The van der Waals surface area contributed by atoms with Gasteiger partial charge in [0.15, 0.2) is 0 Å². The molecule has 6 nitrogen and oxygen atoms in total. The van der Waals surface area contributed by atoms with E-state index in [2.05, 4.69) is 5.32 Å². The Kier molecular flexibility index (Phi) is 5.36. The number of hydrogen-bond acceptors (Lipinski definition) is 4. The molecule has 1 atom stereocenters. The number of hydrogen-bond donors (Lipinski definition) is 1. The summed E-state index contributed by atoms with van der Waals surface area (Å²) in [5.41, 5.74) is -0.398. The normalized spacial score (nSPS) is 20.5. The van der Waals surface area contributed by atoms with Crippen molar-refractivity contribution in [2.24, 2.45) is 0 Å². The third-order valence-electron chi connectivity index (χ3n) is 4.02. The Labute approximate surface area is 135 Å². The van der Waals surface area contributed by atoms with Crippen LogP contribution in [0.25, 0.3) is 0 Å². The third-order valence-corrected chi connectivity index (χ3v) is 4.02. The highest BCUT2D eigenvalue weighted by Crippen LogP contribution is 2.32. The standard InChI is InChI=1S/C17H22N2O4/c1-3-5-11-23-14(20)12-19-15(21)17(4-2,18-16(19)22)13-9-7-6-8-10-13/h6-10H,3-5,11-12H2,1-2H3,(H,18,22)/t17-/m1/s1. The summed E-state index contributed by atoms with van der Waals surface area (Å²) in [6.45, 7) is 3.76. The summed E-state index contributed by atoms with van der Waals surface area (Å²) in [5.74, 6) is -0.981. The number of imide groups is 1. The van der Waals surface area contributed by atoms with Crippen molar-refractivity contribution in [3.05, 3.63) is 35.9 Å². The lowest BCUT2D eigenvalue weighted by Crippen LogP contribution is -2.44. The van der Waals surface area contributed by atoms with E-state index >= 15 is 0 Å². The van der Waals surface area contributed by atoms with E-state index in [1.54, 1.807) is 12.1 Å². The second kappa shape index (κ2) is 7.26. The van der Waals surface area contributed by atoms with E-state index in [0.717, 1.165) is 17.7 Å². The van der Waals surface area contributed by atoms with Crippen LogP contribution in [0.2, 0.25) is 0 Å². The summed E-state index contributed by atoms with van der Waals surface area (Å²) < 4.78 is 5.04. The number of nitrogens with one attached hydrogen (secondary N) is 1. The molecule has 3 amide bonds. The fourth-order valence-corrected chi connectivity index (χ4v) is 2.64. The average molecular weight is 318 g/mol. The fraction of sp³-hybridized carbons (Fsp3) is 0.471. The molecule has 1 saturated heterocycles. The summed E-state index contributed by atoms with van der Waals surface area (Å²) in [4.78, 5) is 37.7. The first-order chi connectivity index (χ1) is 11.0. The van der Waals surface area contributed by atoms with Crippen molar-refractivity contribution in [2.75, 3.05) is 13.2 Å². The van der Waals surface area contributed by atoms with Gasteiger partial charge < -0.3 is 10.1 Å². The first kappa shape index (κ1) is 17.0. The Morgan fingerprint density at radius 1 is 1.22 bits per heavy atom. The summed E-state index contributed by atoms with van der Waals surface area (Å²) in [6.07, 6.45) is 2.07. The van der Waals surface area contributed by atoms with Gasteiger partial charge in [-0.1, -0.05) is 50.6 Å². The van der Waals surface area contributed by atoms with Crippen LogP contribution in [0.4, 0.5) is 4.79 Å². The second-order valence-corrected chi connectivity index (χ2v) is 5.52. The van der Waals surface area contributed by atoms with Crippen LogP contribution < -0.4 is 5.32 Å². The van der Waals surface area contributed by atoms with Crippen molar-refractivity contribution < 1.29 is 19.1 Å². The zero-order valence-corrected chi connectivity index (χ0v) is 13.5. The van der Waals surface area contributed by atoms with Crippen LogP contribution in [-0.2, 0) is 19.9 Å². The van der Waals surface area contributed by atoms with Crippen LogP contribution in [0.15, 0.2) is 30.3 Å². The quantitative estimate of drug-likeness (QED) is 0.475. The number of amides is 3. The van der Waals surface area contributed by atoms with Gasteiger partial charge in [0.1, 0.15) is 12.1 Å². The number of benzene rings is 1. The average Bonchev–Trinajstić information content (AvgIpc) is 2.81. The van der Waals surface area contributed by atoms with Crippen LogP contribution in [0.5, 0.6) is 0 Å². The van der Waals surface area contributed by atoms with E-state index < -0.39 is 23.4 Å². The van der Waals surface area contributed by atoms with Gasteiger partial charge in [0.05, 0.1) is 6.61 Å². The molecule has 1 aliphatic heterocycles. The van der Waals surface area contributed by atoms with Gasteiger partial charge in [-0.15, -0.1) is 0 Å². The van der Waals surface area contributed by atoms with Gasteiger partial charge in [-0.3, -0.25) is 14.5 Å². The lowest BCUT2D eigenvalue weighted by Gasteiger charge is -2.25. The molecule has 124 valence electrons. The first-order valence-corrected chi connectivity index (χ1v) is 7.90. The predicted molar refractivity (Wildman–Crippen MR) is 84.5 cm³/mol. The van der Waals surface area contributed by atoms with Crippen molar-refractivity contribution in [3.8, 4) is 0 Å². The molecule has 0 saturated carbocycles. The van der Waals surface area contributed by atoms with Gasteiger partial charge in [0.2, 0.25) is 0 Å². The molecule has 1 fully saturated rings. The molecular weight excluding hydrogens is 296 g/mol. The summed E-state index contributed by atoms with van der Waals surface area (Å²) in [6, 6.07) is 8.50. The SMILES string of the molecule is CCCCOC(=O)CN1C(=O)N[C@](CC)(c2ccccc2)C1=O. The summed E-state index contributed by atoms with van der Waals surface area (Å²) in [7, 11) is 0. The highest BCUT2D eigenvalue weighted by Gasteiger charge is 2.51. The molecule has 0 aliphatic carbocycles. The van der Waals surface area contributed by atoms with E-state index in [1.807, 2.05) is 32.0 Å². The maximum absolute atomic E-state index is 12.8. The minimum absolute atomic E-state index is 0.302. The minimum atomic E-state index is -1.11. The lowest BCUT2D eigenvalue weighted by molar-refractivity contribution is -0.148. The number of ether oxygens (including phenoxy) is 1. The van der Waals surface area contributed by atoms with Crippen molar-refractivity contribution in [3.63, 3.8) is 0 Å². The van der Waals surface area contributed by atoms with Gasteiger partial charge in [-0.25, -0.2) is 4.79 Å². The lowest BCUT2D eigenvalue weighted by atomic mass is 9.87. The largest absolute Gasteiger partial charge is 0.464 e. The number of unbranched alkanes of at least 4 members (excludes halogenated alkanes) is 1. The van der Waals surface area contributed by atoms with E-state index in [-0.39, 0.29) is 6.54 Å². The first-order valence-electron chi connectivity index (χ1n) is 7.90. The van der Waals surface area contributed by atoms with Crippen LogP contribution in [-0.4, -0.2) is 36.0 Å². The van der Waals surface area contributed by atoms with Gasteiger partial charge in [-0.2, -0.15) is 0 Å². The molecule has 1 heterocycles. The number of urea groups is 1. The summed E-state index contributed by atoms with van der Waals surface area (Å²) in [5, 5.41) is 2.74. The van der Waals surface area contributed by atoms with Gasteiger partial charge in [-0.05, 0) is 18.4 Å². The van der Waals surface area contributed by atoms with E-state index in [0.29, 0.717) is 18.6 Å². The molecule has 0 aromatic heterocycles.